The number of hydrogen-bond acceptors (Lipinski definition) is 2. The molecule has 27 heavy (non-hydrogen) atoms. The molecule has 1 fully saturated rings. The summed E-state index contributed by atoms with van der Waals surface area (Å²) in [4.78, 5) is 4.77. The monoisotopic (exact) mass is 404 g/mol. The Morgan fingerprint density at radius 2 is 1.85 bits per heavy atom. The van der Waals surface area contributed by atoms with Crippen LogP contribution < -0.4 is 20.4 Å². The first kappa shape index (κ1) is 20.3. The van der Waals surface area contributed by atoms with Gasteiger partial charge in [-0.05, 0) is 42.6 Å². The lowest BCUT2D eigenvalue weighted by molar-refractivity contribution is -1.02. The Balaban J connectivity index is 1.54. The second kappa shape index (κ2) is 10.2. The molecule has 1 aromatic heterocycles. The summed E-state index contributed by atoms with van der Waals surface area (Å²) >= 11 is 7.45. The summed E-state index contributed by atoms with van der Waals surface area (Å²) in [6.45, 7) is 8.04. The molecule has 0 radical (unpaired) electrons. The number of quaternary nitrogens is 2. The van der Waals surface area contributed by atoms with Gasteiger partial charge < -0.3 is 20.4 Å². The number of benzene rings is 1. The van der Waals surface area contributed by atoms with Crippen LogP contribution in [0.2, 0.25) is 0 Å². The minimum atomic E-state index is 0.300. The summed E-state index contributed by atoms with van der Waals surface area (Å²) in [7, 11) is 2.30. The molecule has 0 saturated carbocycles. The van der Waals surface area contributed by atoms with Crippen LogP contribution in [0.25, 0.3) is 0 Å². The average Bonchev–Trinajstić information content (AvgIpc) is 3.18. The van der Waals surface area contributed by atoms with E-state index in [1.807, 2.05) is 11.3 Å². The third-order valence-corrected chi connectivity index (χ3v) is 6.65. The topological polar surface area (TPSA) is 32.9 Å². The van der Waals surface area contributed by atoms with Crippen LogP contribution in [0.1, 0.15) is 23.4 Å². The smallest absolute Gasteiger partial charge is 0.166 e. The van der Waals surface area contributed by atoms with Crippen LogP contribution in [0.4, 0.5) is 0 Å². The Morgan fingerprint density at radius 3 is 2.52 bits per heavy atom. The molecule has 6 heteroatoms. The molecule has 0 aliphatic carbocycles. The van der Waals surface area contributed by atoms with E-state index in [4.69, 9.17) is 12.2 Å². The number of likely N-dealkylation sites (N-methyl/N-ethyl adjacent to an activating group) is 1. The van der Waals surface area contributed by atoms with Crippen molar-refractivity contribution < 1.29 is 9.80 Å². The molecule has 1 aromatic carbocycles. The third-order valence-electron chi connectivity index (χ3n) is 5.44. The maximum atomic E-state index is 5.58. The van der Waals surface area contributed by atoms with Gasteiger partial charge in [0.2, 0.25) is 0 Å². The van der Waals surface area contributed by atoms with E-state index in [1.54, 1.807) is 9.80 Å². The Labute approximate surface area is 172 Å². The zero-order valence-corrected chi connectivity index (χ0v) is 18.0. The molecule has 4 nitrogen and oxygen atoms in total. The van der Waals surface area contributed by atoms with Gasteiger partial charge in [0.15, 0.2) is 5.11 Å². The minimum Gasteiger partial charge on any atom is -0.362 e. The first-order chi connectivity index (χ1) is 13.1. The number of thiocarbonyl (C=S) groups is 1. The van der Waals surface area contributed by atoms with Gasteiger partial charge in [0.1, 0.15) is 32.2 Å². The Hall–Kier alpha value is -1.47. The van der Waals surface area contributed by atoms with Gasteiger partial charge in [-0.15, -0.1) is 11.3 Å². The first-order valence-electron chi connectivity index (χ1n) is 9.91. The minimum absolute atomic E-state index is 0.300. The number of thiophene rings is 1. The lowest BCUT2D eigenvalue weighted by atomic mass is 10.1. The maximum Gasteiger partial charge on any atom is 0.166 e. The molecule has 2 heterocycles. The Kier molecular flexibility index (Phi) is 7.64. The highest BCUT2D eigenvalue weighted by molar-refractivity contribution is 7.80. The molecule has 1 aliphatic heterocycles. The number of rotatable bonds is 7. The fourth-order valence-electron chi connectivity index (χ4n) is 3.88. The second-order valence-corrected chi connectivity index (χ2v) is 8.92. The zero-order chi connectivity index (χ0) is 19.1. The largest absolute Gasteiger partial charge is 0.362 e. The van der Waals surface area contributed by atoms with Crippen molar-refractivity contribution in [2.75, 3.05) is 39.8 Å². The second-order valence-electron chi connectivity index (χ2n) is 7.53. The van der Waals surface area contributed by atoms with E-state index < -0.39 is 0 Å². The molecular weight excluding hydrogens is 372 g/mol. The maximum absolute atomic E-state index is 5.58. The van der Waals surface area contributed by atoms with E-state index in [2.05, 4.69) is 72.4 Å². The van der Waals surface area contributed by atoms with E-state index in [0.717, 1.165) is 18.1 Å². The average molecular weight is 405 g/mol. The molecular formula is C21H32N4S2+2. The molecule has 1 saturated heterocycles. The Bertz CT molecular complexity index is 681. The highest BCUT2D eigenvalue weighted by Gasteiger charge is 2.34. The number of hydrogen-bond donors (Lipinski definition) is 4. The SMILES string of the molecule is C[C@H](NC(=S)NCCc1ccccc1)[C@@H](c1cccs1)[NH+]1CC[NH+](C)CC1. The van der Waals surface area contributed by atoms with Crippen molar-refractivity contribution in [3.8, 4) is 0 Å². The van der Waals surface area contributed by atoms with Crippen LogP contribution in [0.15, 0.2) is 47.8 Å². The van der Waals surface area contributed by atoms with Gasteiger partial charge in [-0.3, -0.25) is 0 Å². The normalized spacial score (nSPS) is 22.0. The van der Waals surface area contributed by atoms with E-state index in [9.17, 15) is 0 Å². The molecule has 4 N–H and O–H groups in total. The van der Waals surface area contributed by atoms with Gasteiger partial charge in [0.05, 0.1) is 18.0 Å². The molecule has 0 unspecified atom stereocenters. The van der Waals surface area contributed by atoms with Crippen LogP contribution in [0, 0.1) is 0 Å². The van der Waals surface area contributed by atoms with Gasteiger partial charge in [0, 0.05) is 6.54 Å². The summed E-state index contributed by atoms with van der Waals surface area (Å²) in [6.07, 6.45) is 0.984. The molecule has 0 bridgehead atoms. The van der Waals surface area contributed by atoms with Crippen molar-refractivity contribution in [1.29, 1.82) is 0 Å². The zero-order valence-electron chi connectivity index (χ0n) is 16.3. The lowest BCUT2D eigenvalue weighted by Crippen LogP contribution is -3.27. The fourth-order valence-corrected chi connectivity index (χ4v) is 5.16. The predicted octanol–water partition coefficient (Wildman–Crippen LogP) is 0.298. The third kappa shape index (κ3) is 6.01. The Morgan fingerprint density at radius 1 is 1.11 bits per heavy atom. The quantitative estimate of drug-likeness (QED) is 0.501. The summed E-state index contributed by atoms with van der Waals surface area (Å²) in [6, 6.07) is 15.7. The van der Waals surface area contributed by atoms with E-state index in [1.165, 1.54) is 36.6 Å². The van der Waals surface area contributed by atoms with Crippen molar-refractivity contribution in [3.63, 3.8) is 0 Å². The highest BCUT2D eigenvalue weighted by Crippen LogP contribution is 2.19. The van der Waals surface area contributed by atoms with Crippen molar-refractivity contribution >= 4 is 28.7 Å². The summed E-state index contributed by atoms with van der Waals surface area (Å²) < 4.78 is 0. The van der Waals surface area contributed by atoms with Crippen LogP contribution >= 0.6 is 23.6 Å². The van der Waals surface area contributed by atoms with E-state index >= 15 is 0 Å². The molecule has 146 valence electrons. The van der Waals surface area contributed by atoms with Gasteiger partial charge >= 0.3 is 0 Å². The molecule has 2 aromatic rings. The van der Waals surface area contributed by atoms with Gasteiger partial charge in [-0.25, -0.2) is 0 Å². The van der Waals surface area contributed by atoms with Gasteiger partial charge in [0.25, 0.3) is 0 Å². The summed E-state index contributed by atoms with van der Waals surface area (Å²) in [5, 5.41) is 9.89. The predicted molar refractivity (Wildman–Crippen MR) is 118 cm³/mol. The van der Waals surface area contributed by atoms with Crippen LogP contribution in [0.3, 0.4) is 0 Å². The number of piperazine rings is 1. The van der Waals surface area contributed by atoms with Crippen LogP contribution in [-0.4, -0.2) is 50.9 Å². The molecule has 0 amide bonds. The van der Waals surface area contributed by atoms with Gasteiger partial charge in [-0.2, -0.15) is 0 Å². The number of nitrogens with one attached hydrogen (secondary N) is 4. The van der Waals surface area contributed by atoms with E-state index in [-0.39, 0.29) is 0 Å². The molecule has 3 rings (SSSR count). The van der Waals surface area contributed by atoms with Crippen LogP contribution in [-0.2, 0) is 6.42 Å². The standard InChI is InChI=1S/C21H30N4S2/c1-17(23-21(26)22-11-10-18-7-4-3-5-8-18)20(19-9-6-16-27-19)25-14-12-24(2)13-15-25/h3-9,16-17,20H,10-15H2,1-2H3,(H2,22,23,26)/p+2/t17-,20-/m0/s1. The summed E-state index contributed by atoms with van der Waals surface area (Å²) in [5.41, 5.74) is 1.33. The molecule has 1 aliphatic rings. The molecule has 2 atom stereocenters. The summed E-state index contributed by atoms with van der Waals surface area (Å²) in [5.74, 6) is 0. The van der Waals surface area contributed by atoms with Crippen molar-refractivity contribution in [2.24, 2.45) is 0 Å². The first-order valence-corrected chi connectivity index (χ1v) is 11.2. The molecule has 0 spiro atoms. The van der Waals surface area contributed by atoms with Crippen molar-refractivity contribution in [2.45, 2.75) is 25.4 Å². The fraction of sp³-hybridized carbons (Fsp3) is 0.476. The highest BCUT2D eigenvalue weighted by atomic mass is 32.1. The van der Waals surface area contributed by atoms with Crippen LogP contribution in [0.5, 0.6) is 0 Å². The lowest BCUT2D eigenvalue weighted by Gasteiger charge is -2.36. The van der Waals surface area contributed by atoms with Gasteiger partial charge in [-0.1, -0.05) is 36.4 Å². The van der Waals surface area contributed by atoms with E-state index in [0.29, 0.717) is 12.1 Å². The van der Waals surface area contributed by atoms with Crippen molar-refractivity contribution in [1.82, 2.24) is 10.6 Å². The van der Waals surface area contributed by atoms with Crippen molar-refractivity contribution in [3.05, 3.63) is 58.3 Å².